The largest absolute Gasteiger partial charge is 0.492 e. The van der Waals surface area contributed by atoms with E-state index in [4.69, 9.17) is 4.74 Å². The van der Waals surface area contributed by atoms with Gasteiger partial charge in [-0.15, -0.1) is 0 Å². The quantitative estimate of drug-likeness (QED) is 0.642. The van der Waals surface area contributed by atoms with Crippen molar-refractivity contribution in [2.75, 3.05) is 38.1 Å². The third-order valence-electron chi connectivity index (χ3n) is 3.83. The van der Waals surface area contributed by atoms with Crippen molar-refractivity contribution in [1.29, 1.82) is 0 Å². The van der Waals surface area contributed by atoms with Gasteiger partial charge in [-0.2, -0.15) is 12.7 Å². The van der Waals surface area contributed by atoms with Gasteiger partial charge in [0, 0.05) is 14.1 Å². The average Bonchev–Trinajstić information content (AvgIpc) is 2.64. The molecule has 28 heavy (non-hydrogen) atoms. The molecular weight excluding hydrogens is 385 g/mol. The first-order chi connectivity index (χ1) is 13.2. The summed E-state index contributed by atoms with van der Waals surface area (Å²) >= 11 is 0. The van der Waals surface area contributed by atoms with Gasteiger partial charge in [0.15, 0.2) is 0 Å². The van der Waals surface area contributed by atoms with Crippen LogP contribution in [0.1, 0.15) is 5.56 Å². The number of nitrogens with zero attached hydrogens (tertiary/aromatic N) is 2. The molecule has 1 N–H and O–H groups in total. The van der Waals surface area contributed by atoms with Crippen molar-refractivity contribution < 1.29 is 22.3 Å². The number of anilines is 1. The van der Waals surface area contributed by atoms with Gasteiger partial charge in [-0.3, -0.25) is 4.79 Å². The lowest BCUT2D eigenvalue weighted by molar-refractivity contribution is -0.119. The lowest BCUT2D eigenvalue weighted by Crippen LogP contribution is -2.46. The fourth-order valence-corrected chi connectivity index (χ4v) is 3.46. The van der Waals surface area contributed by atoms with E-state index in [1.807, 2.05) is 25.1 Å². The Balaban J connectivity index is 2.00. The SMILES string of the molecule is Cc1cccc(OCCNC(=O)CN(c2ccccc2F)S(=O)(=O)N(C)C)c1. The van der Waals surface area contributed by atoms with Gasteiger partial charge < -0.3 is 10.1 Å². The number of rotatable bonds is 9. The van der Waals surface area contributed by atoms with Crippen LogP contribution >= 0.6 is 0 Å². The molecule has 1 amide bonds. The van der Waals surface area contributed by atoms with Crippen LogP contribution in [0.4, 0.5) is 10.1 Å². The number of hydrogen-bond donors (Lipinski definition) is 1. The van der Waals surface area contributed by atoms with Crippen LogP contribution in [0, 0.1) is 12.7 Å². The summed E-state index contributed by atoms with van der Waals surface area (Å²) in [5, 5.41) is 2.59. The molecule has 9 heteroatoms. The maximum absolute atomic E-state index is 14.1. The van der Waals surface area contributed by atoms with Crippen LogP contribution in [0.5, 0.6) is 5.75 Å². The zero-order chi connectivity index (χ0) is 20.7. The smallest absolute Gasteiger partial charge is 0.304 e. The summed E-state index contributed by atoms with van der Waals surface area (Å²) in [6.07, 6.45) is 0. The van der Waals surface area contributed by atoms with Gasteiger partial charge in [-0.05, 0) is 36.8 Å². The number of amides is 1. The van der Waals surface area contributed by atoms with Gasteiger partial charge in [0.2, 0.25) is 5.91 Å². The van der Waals surface area contributed by atoms with E-state index in [1.54, 1.807) is 6.07 Å². The number of ether oxygens (including phenoxy) is 1. The number of nitrogens with one attached hydrogen (secondary N) is 1. The summed E-state index contributed by atoms with van der Waals surface area (Å²) in [6, 6.07) is 12.9. The van der Waals surface area contributed by atoms with E-state index in [0.29, 0.717) is 5.75 Å². The first-order valence-electron chi connectivity index (χ1n) is 8.62. The van der Waals surface area contributed by atoms with Gasteiger partial charge in [-0.25, -0.2) is 8.70 Å². The van der Waals surface area contributed by atoms with Gasteiger partial charge in [-0.1, -0.05) is 24.3 Å². The van der Waals surface area contributed by atoms with Crippen molar-refractivity contribution in [3.63, 3.8) is 0 Å². The maximum Gasteiger partial charge on any atom is 0.304 e. The molecule has 0 aromatic heterocycles. The lowest BCUT2D eigenvalue weighted by atomic mass is 10.2. The van der Waals surface area contributed by atoms with Crippen molar-refractivity contribution in [3.05, 3.63) is 59.9 Å². The van der Waals surface area contributed by atoms with E-state index in [-0.39, 0.29) is 18.8 Å². The molecule has 0 saturated heterocycles. The topological polar surface area (TPSA) is 79.0 Å². The highest BCUT2D eigenvalue weighted by Gasteiger charge is 2.29. The maximum atomic E-state index is 14.1. The highest BCUT2D eigenvalue weighted by molar-refractivity contribution is 7.90. The fraction of sp³-hybridized carbons (Fsp3) is 0.316. The van der Waals surface area contributed by atoms with Gasteiger partial charge >= 0.3 is 10.2 Å². The summed E-state index contributed by atoms with van der Waals surface area (Å²) in [4.78, 5) is 12.3. The van der Waals surface area contributed by atoms with Crippen LogP contribution in [0.2, 0.25) is 0 Å². The second-order valence-corrected chi connectivity index (χ2v) is 8.33. The number of hydrogen-bond acceptors (Lipinski definition) is 4. The molecular formula is C19H24FN3O4S. The van der Waals surface area contributed by atoms with E-state index >= 15 is 0 Å². The predicted octanol–water partition coefficient (Wildman–Crippen LogP) is 1.94. The summed E-state index contributed by atoms with van der Waals surface area (Å²) in [5.41, 5.74) is 0.860. The second-order valence-electron chi connectivity index (χ2n) is 6.26. The minimum absolute atomic E-state index is 0.180. The first kappa shape index (κ1) is 21.6. The molecule has 152 valence electrons. The van der Waals surface area contributed by atoms with Crippen LogP contribution in [0.3, 0.4) is 0 Å². The Kier molecular flexibility index (Phi) is 7.36. The molecule has 0 aliphatic heterocycles. The van der Waals surface area contributed by atoms with E-state index in [0.717, 1.165) is 20.2 Å². The monoisotopic (exact) mass is 409 g/mol. The fourth-order valence-electron chi connectivity index (χ4n) is 2.39. The highest BCUT2D eigenvalue weighted by Crippen LogP contribution is 2.22. The minimum Gasteiger partial charge on any atom is -0.492 e. The molecule has 7 nitrogen and oxygen atoms in total. The molecule has 0 atom stereocenters. The van der Waals surface area contributed by atoms with Crippen molar-refractivity contribution >= 4 is 21.8 Å². The Morgan fingerprint density at radius 1 is 1.14 bits per heavy atom. The molecule has 0 unspecified atom stereocenters. The molecule has 0 fully saturated rings. The molecule has 0 radical (unpaired) electrons. The molecule has 0 aliphatic rings. The number of benzene rings is 2. The lowest BCUT2D eigenvalue weighted by Gasteiger charge is -2.27. The molecule has 0 heterocycles. The minimum atomic E-state index is -4.05. The summed E-state index contributed by atoms with van der Waals surface area (Å²) in [5.74, 6) is -0.623. The van der Waals surface area contributed by atoms with Crippen LogP contribution in [0.15, 0.2) is 48.5 Å². The van der Waals surface area contributed by atoms with Gasteiger partial charge in [0.1, 0.15) is 24.7 Å². The normalized spacial score (nSPS) is 11.3. The zero-order valence-electron chi connectivity index (χ0n) is 16.1. The molecule has 2 rings (SSSR count). The highest BCUT2D eigenvalue weighted by atomic mass is 32.2. The summed E-state index contributed by atoms with van der Waals surface area (Å²) in [6.45, 7) is 1.79. The number of halogens is 1. The first-order valence-corrected chi connectivity index (χ1v) is 10.0. The van der Waals surface area contributed by atoms with Gasteiger partial charge in [0.25, 0.3) is 0 Å². The summed E-state index contributed by atoms with van der Waals surface area (Å²) < 4.78 is 46.4. The Hall–Kier alpha value is -2.65. The average molecular weight is 409 g/mol. The number of para-hydroxylation sites is 1. The van der Waals surface area contributed by atoms with E-state index in [9.17, 15) is 17.6 Å². The van der Waals surface area contributed by atoms with Crippen LogP contribution in [-0.4, -0.2) is 52.4 Å². The standard InChI is InChI=1S/C19H24FN3O4S/c1-15-7-6-8-16(13-15)27-12-11-21-19(24)14-23(28(25,26)22(2)3)18-10-5-4-9-17(18)20/h4-10,13H,11-12,14H2,1-3H3,(H,21,24). The molecule has 0 spiro atoms. The van der Waals surface area contributed by atoms with Crippen LogP contribution in [0.25, 0.3) is 0 Å². The number of carbonyl (C=O) groups excluding carboxylic acids is 1. The number of aryl methyl sites for hydroxylation is 1. The Labute approximate surface area is 164 Å². The molecule has 0 bridgehead atoms. The number of carbonyl (C=O) groups is 1. The van der Waals surface area contributed by atoms with Crippen molar-refractivity contribution in [2.45, 2.75) is 6.92 Å². The Morgan fingerprint density at radius 2 is 1.86 bits per heavy atom. The van der Waals surface area contributed by atoms with E-state index in [2.05, 4.69) is 5.32 Å². The molecule has 0 aliphatic carbocycles. The Bertz CT molecular complexity index is 919. The van der Waals surface area contributed by atoms with Crippen molar-refractivity contribution in [3.8, 4) is 5.75 Å². The van der Waals surface area contributed by atoms with Gasteiger partial charge in [0.05, 0.1) is 12.2 Å². The molecule has 2 aromatic carbocycles. The predicted molar refractivity (Wildman–Crippen MR) is 106 cm³/mol. The van der Waals surface area contributed by atoms with E-state index in [1.165, 1.54) is 32.3 Å². The van der Waals surface area contributed by atoms with Crippen LogP contribution in [-0.2, 0) is 15.0 Å². The second kappa shape index (κ2) is 9.52. The Morgan fingerprint density at radius 3 is 2.50 bits per heavy atom. The molecule has 0 saturated carbocycles. The van der Waals surface area contributed by atoms with Crippen LogP contribution < -0.4 is 14.4 Å². The van der Waals surface area contributed by atoms with Crippen molar-refractivity contribution in [2.24, 2.45) is 0 Å². The van der Waals surface area contributed by atoms with E-state index < -0.39 is 28.5 Å². The van der Waals surface area contributed by atoms with Crippen molar-refractivity contribution in [1.82, 2.24) is 9.62 Å². The third kappa shape index (κ3) is 5.67. The third-order valence-corrected chi connectivity index (χ3v) is 5.64. The summed E-state index contributed by atoms with van der Waals surface area (Å²) in [7, 11) is -1.42. The zero-order valence-corrected chi connectivity index (χ0v) is 16.9. The molecule has 2 aromatic rings.